The number of methoxy groups -OCH3 is 1. The third-order valence-corrected chi connectivity index (χ3v) is 3.38. The Hall–Kier alpha value is -1.89. The van der Waals surface area contributed by atoms with Gasteiger partial charge in [-0.25, -0.2) is 0 Å². The summed E-state index contributed by atoms with van der Waals surface area (Å²) >= 11 is 5.75. The molecule has 102 valence electrons. The van der Waals surface area contributed by atoms with Crippen molar-refractivity contribution in [3.8, 4) is 0 Å². The third-order valence-electron chi connectivity index (χ3n) is 3.18. The molecule has 7 nitrogen and oxygen atoms in total. The van der Waals surface area contributed by atoms with Crippen LogP contribution in [0.4, 0.5) is 5.69 Å². The van der Waals surface area contributed by atoms with Gasteiger partial charge in [-0.05, 0) is 12.8 Å². The van der Waals surface area contributed by atoms with Crippen LogP contribution in [-0.4, -0.2) is 22.6 Å². The van der Waals surface area contributed by atoms with Crippen LogP contribution in [0.15, 0.2) is 17.1 Å². The first-order chi connectivity index (χ1) is 8.89. The van der Waals surface area contributed by atoms with E-state index < -0.39 is 27.6 Å². The standard InChI is InChI=1S/C11H11ClN2O5/c1-19-10(16)11(2-3-11)6-13-5-7(12)4-8(9(13)15)14(17)18/h4-5H,2-3,6H2,1H3. The van der Waals surface area contributed by atoms with E-state index in [0.29, 0.717) is 12.8 Å². The van der Waals surface area contributed by atoms with E-state index in [1.165, 1.54) is 13.3 Å². The minimum absolute atomic E-state index is 0.0416. The van der Waals surface area contributed by atoms with Crippen molar-refractivity contribution in [3.63, 3.8) is 0 Å². The highest BCUT2D eigenvalue weighted by Gasteiger charge is 2.51. The molecule has 0 saturated heterocycles. The van der Waals surface area contributed by atoms with Crippen molar-refractivity contribution in [3.05, 3.63) is 37.8 Å². The predicted molar refractivity (Wildman–Crippen MR) is 66.0 cm³/mol. The van der Waals surface area contributed by atoms with Gasteiger partial charge in [0.2, 0.25) is 0 Å². The molecule has 0 unspecified atom stereocenters. The van der Waals surface area contributed by atoms with Crippen molar-refractivity contribution >= 4 is 23.3 Å². The van der Waals surface area contributed by atoms with E-state index in [1.54, 1.807) is 0 Å². The summed E-state index contributed by atoms with van der Waals surface area (Å²) in [5.74, 6) is -0.415. The summed E-state index contributed by atoms with van der Waals surface area (Å²) in [5, 5.41) is 10.8. The quantitative estimate of drug-likeness (QED) is 0.473. The van der Waals surface area contributed by atoms with Crippen molar-refractivity contribution in [1.82, 2.24) is 4.57 Å². The van der Waals surface area contributed by atoms with Crippen LogP contribution in [-0.2, 0) is 16.1 Å². The average molecular weight is 287 g/mol. The molecule has 0 amide bonds. The molecule has 2 rings (SSSR count). The summed E-state index contributed by atoms with van der Waals surface area (Å²) in [4.78, 5) is 33.5. The number of hydrogen-bond donors (Lipinski definition) is 0. The fraction of sp³-hybridized carbons (Fsp3) is 0.455. The zero-order valence-electron chi connectivity index (χ0n) is 10.1. The number of rotatable bonds is 4. The van der Waals surface area contributed by atoms with Crippen molar-refractivity contribution in [1.29, 1.82) is 0 Å². The van der Waals surface area contributed by atoms with Gasteiger partial charge in [-0.1, -0.05) is 11.6 Å². The van der Waals surface area contributed by atoms with Gasteiger partial charge in [0.15, 0.2) is 0 Å². The minimum atomic E-state index is -0.789. The van der Waals surface area contributed by atoms with Gasteiger partial charge in [0.1, 0.15) is 0 Å². The van der Waals surface area contributed by atoms with E-state index in [4.69, 9.17) is 11.6 Å². The van der Waals surface area contributed by atoms with Gasteiger partial charge in [-0.3, -0.25) is 19.7 Å². The Labute approximate surface area is 112 Å². The normalized spacial score (nSPS) is 15.9. The molecule has 19 heavy (non-hydrogen) atoms. The van der Waals surface area contributed by atoms with Crippen LogP contribution in [0.1, 0.15) is 12.8 Å². The lowest BCUT2D eigenvalue weighted by Gasteiger charge is -2.14. The number of aromatic nitrogens is 1. The van der Waals surface area contributed by atoms with Crippen molar-refractivity contribution in [2.75, 3.05) is 7.11 Å². The maximum Gasteiger partial charge on any atom is 0.335 e. The second kappa shape index (κ2) is 4.65. The van der Waals surface area contributed by atoms with Gasteiger partial charge in [0, 0.05) is 18.8 Å². The first-order valence-corrected chi connectivity index (χ1v) is 5.90. The molecule has 1 aromatic rings. The van der Waals surface area contributed by atoms with E-state index in [0.717, 1.165) is 10.6 Å². The first-order valence-electron chi connectivity index (χ1n) is 5.52. The van der Waals surface area contributed by atoms with E-state index >= 15 is 0 Å². The summed E-state index contributed by atoms with van der Waals surface area (Å²) in [7, 11) is 1.27. The van der Waals surface area contributed by atoms with Gasteiger partial charge in [-0.15, -0.1) is 0 Å². The van der Waals surface area contributed by atoms with Gasteiger partial charge < -0.3 is 9.30 Å². The summed E-state index contributed by atoms with van der Waals surface area (Å²) in [6, 6.07) is 0.998. The van der Waals surface area contributed by atoms with Crippen molar-refractivity contribution in [2.45, 2.75) is 19.4 Å². The number of pyridine rings is 1. The van der Waals surface area contributed by atoms with Crippen LogP contribution < -0.4 is 5.56 Å². The largest absolute Gasteiger partial charge is 0.469 e. The van der Waals surface area contributed by atoms with Gasteiger partial charge >= 0.3 is 17.2 Å². The molecule has 1 heterocycles. The SMILES string of the molecule is COC(=O)C1(Cn2cc(Cl)cc([N+](=O)[O-])c2=O)CC1. The number of carbonyl (C=O) groups excluding carboxylic acids is 1. The first kappa shape index (κ1) is 13.5. The van der Waals surface area contributed by atoms with Crippen molar-refractivity contribution < 1.29 is 14.5 Å². The molecule has 1 aliphatic carbocycles. The Morgan fingerprint density at radius 3 is 2.74 bits per heavy atom. The molecule has 0 N–H and O–H groups in total. The summed E-state index contributed by atoms with van der Waals surface area (Å²) < 4.78 is 5.78. The zero-order chi connectivity index (χ0) is 14.2. The molecular formula is C11H11ClN2O5. The minimum Gasteiger partial charge on any atom is -0.469 e. The van der Waals surface area contributed by atoms with Crippen LogP contribution >= 0.6 is 11.6 Å². The Morgan fingerprint density at radius 2 is 2.26 bits per heavy atom. The number of hydrogen-bond acceptors (Lipinski definition) is 5. The fourth-order valence-corrected chi connectivity index (χ4v) is 2.17. The average Bonchev–Trinajstić information content (AvgIpc) is 3.13. The summed E-state index contributed by atoms with van der Waals surface area (Å²) in [6.45, 7) is 0.0416. The van der Waals surface area contributed by atoms with Crippen LogP contribution in [0.2, 0.25) is 5.02 Å². The zero-order valence-corrected chi connectivity index (χ0v) is 10.8. The number of nitro groups is 1. The monoisotopic (exact) mass is 286 g/mol. The molecular weight excluding hydrogens is 276 g/mol. The van der Waals surface area contributed by atoms with E-state index in [9.17, 15) is 19.7 Å². The predicted octanol–water partition coefficient (Wildman–Crippen LogP) is 1.36. The van der Waals surface area contributed by atoms with E-state index in [2.05, 4.69) is 4.74 Å². The number of carbonyl (C=O) groups is 1. The van der Waals surface area contributed by atoms with Crippen LogP contribution in [0, 0.1) is 15.5 Å². The lowest BCUT2D eigenvalue weighted by molar-refractivity contribution is -0.386. The molecule has 0 spiro atoms. The Balaban J connectivity index is 2.39. The van der Waals surface area contributed by atoms with Crippen LogP contribution in [0.25, 0.3) is 0 Å². The molecule has 0 atom stereocenters. The number of nitrogens with zero attached hydrogens (tertiary/aromatic N) is 2. The third kappa shape index (κ3) is 2.46. The summed E-state index contributed by atoms with van der Waals surface area (Å²) in [6.07, 6.45) is 2.47. The lowest BCUT2D eigenvalue weighted by Crippen LogP contribution is -2.30. The van der Waals surface area contributed by atoms with E-state index in [1.807, 2.05) is 0 Å². The Bertz CT molecular complexity index is 606. The number of halogens is 1. The number of esters is 1. The highest BCUT2D eigenvalue weighted by molar-refractivity contribution is 6.30. The maximum absolute atomic E-state index is 11.9. The molecule has 1 aliphatic rings. The molecule has 1 saturated carbocycles. The van der Waals surface area contributed by atoms with E-state index in [-0.39, 0.29) is 11.6 Å². The molecule has 0 radical (unpaired) electrons. The molecule has 0 aromatic carbocycles. The molecule has 1 aromatic heterocycles. The maximum atomic E-state index is 11.9. The lowest BCUT2D eigenvalue weighted by atomic mass is 10.1. The highest BCUT2D eigenvalue weighted by atomic mass is 35.5. The van der Waals surface area contributed by atoms with Gasteiger partial charge in [0.25, 0.3) is 0 Å². The van der Waals surface area contributed by atoms with Crippen LogP contribution in [0.5, 0.6) is 0 Å². The smallest absolute Gasteiger partial charge is 0.335 e. The Morgan fingerprint density at radius 1 is 1.63 bits per heavy atom. The molecule has 1 fully saturated rings. The molecule has 0 bridgehead atoms. The molecule has 0 aliphatic heterocycles. The summed E-state index contributed by atoms with van der Waals surface area (Å²) in [5.41, 5.74) is -2.13. The second-order valence-electron chi connectivity index (χ2n) is 4.51. The fourth-order valence-electron chi connectivity index (χ4n) is 1.95. The van der Waals surface area contributed by atoms with Gasteiger partial charge in [-0.2, -0.15) is 0 Å². The van der Waals surface area contributed by atoms with Crippen molar-refractivity contribution in [2.24, 2.45) is 5.41 Å². The highest BCUT2D eigenvalue weighted by Crippen LogP contribution is 2.48. The topological polar surface area (TPSA) is 91.4 Å². The van der Waals surface area contributed by atoms with Crippen LogP contribution in [0.3, 0.4) is 0 Å². The molecule has 8 heteroatoms. The number of ether oxygens (including phenoxy) is 1. The van der Waals surface area contributed by atoms with Gasteiger partial charge in [0.05, 0.1) is 22.5 Å². The second-order valence-corrected chi connectivity index (χ2v) is 4.94. The Kier molecular flexibility index (Phi) is 3.32.